The lowest BCUT2D eigenvalue weighted by Gasteiger charge is -2.26. The van der Waals surface area contributed by atoms with Gasteiger partial charge in [0, 0.05) is 6.07 Å². The third kappa shape index (κ3) is 2.91. The van der Waals surface area contributed by atoms with Crippen LogP contribution in [-0.2, 0) is 0 Å². The smallest absolute Gasteiger partial charge is 0.338 e. The van der Waals surface area contributed by atoms with Gasteiger partial charge in [-0.25, -0.2) is 9.78 Å². The van der Waals surface area contributed by atoms with E-state index in [1.54, 1.807) is 0 Å². The molecule has 1 fully saturated rings. The molecule has 0 aliphatic heterocycles. The Labute approximate surface area is 106 Å². The summed E-state index contributed by atoms with van der Waals surface area (Å²) in [7, 11) is 0. The standard InChI is InChI=1S/C13H18N2O3/c1-8-3-2-4-9(5-8)18-12-6-10(13(16)17)11(14)7-15-12/h6-9H,2-5,14H2,1H3,(H,16,17). The van der Waals surface area contributed by atoms with Crippen molar-refractivity contribution in [2.45, 2.75) is 38.7 Å². The molecule has 1 saturated carbocycles. The number of carbonyl (C=O) groups is 1. The molecule has 0 aromatic carbocycles. The third-order valence-electron chi connectivity index (χ3n) is 3.32. The van der Waals surface area contributed by atoms with Gasteiger partial charge >= 0.3 is 5.97 Å². The topological polar surface area (TPSA) is 85.4 Å². The average Bonchev–Trinajstić information content (AvgIpc) is 2.31. The largest absolute Gasteiger partial charge is 0.478 e. The number of nitrogens with two attached hydrogens (primary N) is 1. The van der Waals surface area contributed by atoms with Gasteiger partial charge in [0.15, 0.2) is 0 Å². The number of pyridine rings is 1. The lowest BCUT2D eigenvalue weighted by Crippen LogP contribution is -2.24. The second-order valence-electron chi connectivity index (χ2n) is 4.93. The summed E-state index contributed by atoms with van der Waals surface area (Å²) in [5.74, 6) is -0.0612. The van der Waals surface area contributed by atoms with E-state index in [0.29, 0.717) is 11.8 Å². The fourth-order valence-corrected chi connectivity index (χ4v) is 2.35. The van der Waals surface area contributed by atoms with Gasteiger partial charge in [0.1, 0.15) is 6.10 Å². The zero-order chi connectivity index (χ0) is 13.1. The first-order valence-corrected chi connectivity index (χ1v) is 6.21. The fourth-order valence-electron chi connectivity index (χ4n) is 2.35. The molecule has 2 atom stereocenters. The molecular weight excluding hydrogens is 232 g/mol. The minimum atomic E-state index is -1.06. The maximum Gasteiger partial charge on any atom is 0.338 e. The number of carboxylic acid groups (broad SMARTS) is 1. The summed E-state index contributed by atoms with van der Waals surface area (Å²) in [4.78, 5) is 15.0. The van der Waals surface area contributed by atoms with Crippen LogP contribution in [0.3, 0.4) is 0 Å². The zero-order valence-electron chi connectivity index (χ0n) is 10.4. The monoisotopic (exact) mass is 250 g/mol. The first-order valence-electron chi connectivity index (χ1n) is 6.21. The average molecular weight is 250 g/mol. The summed E-state index contributed by atoms with van der Waals surface area (Å²) in [5, 5.41) is 8.97. The highest BCUT2D eigenvalue weighted by atomic mass is 16.5. The summed E-state index contributed by atoms with van der Waals surface area (Å²) < 4.78 is 5.74. The van der Waals surface area contributed by atoms with Crippen molar-refractivity contribution in [3.05, 3.63) is 17.8 Å². The van der Waals surface area contributed by atoms with E-state index in [4.69, 9.17) is 15.6 Å². The Bertz CT molecular complexity index is 448. The highest BCUT2D eigenvalue weighted by Gasteiger charge is 2.21. The van der Waals surface area contributed by atoms with E-state index in [9.17, 15) is 4.79 Å². The van der Waals surface area contributed by atoms with E-state index in [1.807, 2.05) is 0 Å². The Morgan fingerprint density at radius 2 is 2.33 bits per heavy atom. The summed E-state index contributed by atoms with van der Waals surface area (Å²) in [6, 6.07) is 1.40. The molecule has 3 N–H and O–H groups in total. The lowest BCUT2D eigenvalue weighted by atomic mass is 9.89. The first kappa shape index (κ1) is 12.7. The van der Waals surface area contributed by atoms with Crippen molar-refractivity contribution >= 4 is 11.7 Å². The van der Waals surface area contributed by atoms with Gasteiger partial charge in [-0.1, -0.05) is 13.3 Å². The van der Waals surface area contributed by atoms with E-state index in [0.717, 1.165) is 19.3 Å². The van der Waals surface area contributed by atoms with E-state index in [2.05, 4.69) is 11.9 Å². The molecule has 0 amide bonds. The predicted molar refractivity (Wildman–Crippen MR) is 67.7 cm³/mol. The number of rotatable bonds is 3. The minimum absolute atomic E-state index is 0.0452. The SMILES string of the molecule is CC1CCCC(Oc2cc(C(=O)O)c(N)cn2)C1. The molecule has 0 saturated heterocycles. The van der Waals surface area contributed by atoms with Crippen molar-refractivity contribution in [2.24, 2.45) is 5.92 Å². The van der Waals surface area contributed by atoms with Gasteiger partial charge < -0.3 is 15.6 Å². The van der Waals surface area contributed by atoms with Gasteiger partial charge in [-0.2, -0.15) is 0 Å². The fraction of sp³-hybridized carbons (Fsp3) is 0.538. The van der Waals surface area contributed by atoms with Crippen LogP contribution in [0.25, 0.3) is 0 Å². The van der Waals surface area contributed by atoms with Crippen LogP contribution in [0.15, 0.2) is 12.3 Å². The second-order valence-corrected chi connectivity index (χ2v) is 4.93. The number of nitrogens with zero attached hydrogens (tertiary/aromatic N) is 1. The van der Waals surface area contributed by atoms with Crippen molar-refractivity contribution in [3.8, 4) is 5.88 Å². The van der Waals surface area contributed by atoms with Gasteiger partial charge in [-0.05, 0) is 25.2 Å². The predicted octanol–water partition coefficient (Wildman–Crippen LogP) is 2.32. The molecule has 1 aromatic rings. The number of aromatic nitrogens is 1. The van der Waals surface area contributed by atoms with Gasteiger partial charge in [-0.15, -0.1) is 0 Å². The molecule has 1 aromatic heterocycles. The van der Waals surface area contributed by atoms with Crippen LogP contribution < -0.4 is 10.5 Å². The molecule has 1 aliphatic rings. The minimum Gasteiger partial charge on any atom is -0.478 e. The quantitative estimate of drug-likeness (QED) is 0.859. The lowest BCUT2D eigenvalue weighted by molar-refractivity contribution is 0.0695. The second kappa shape index (κ2) is 5.25. The molecule has 1 heterocycles. The molecule has 2 rings (SSSR count). The van der Waals surface area contributed by atoms with Crippen LogP contribution in [0.1, 0.15) is 43.0 Å². The summed E-state index contributed by atoms with van der Waals surface area (Å²) in [6.45, 7) is 2.20. The summed E-state index contributed by atoms with van der Waals surface area (Å²) in [6.07, 6.45) is 5.84. The van der Waals surface area contributed by atoms with Gasteiger partial charge in [-0.3, -0.25) is 0 Å². The molecule has 0 spiro atoms. The Hall–Kier alpha value is -1.78. The van der Waals surface area contributed by atoms with E-state index < -0.39 is 5.97 Å². The third-order valence-corrected chi connectivity index (χ3v) is 3.32. The van der Waals surface area contributed by atoms with Crippen LogP contribution in [0.4, 0.5) is 5.69 Å². The zero-order valence-corrected chi connectivity index (χ0v) is 10.4. The van der Waals surface area contributed by atoms with Crippen LogP contribution in [0.2, 0.25) is 0 Å². The van der Waals surface area contributed by atoms with Crippen molar-refractivity contribution in [1.29, 1.82) is 0 Å². The number of hydrogen-bond donors (Lipinski definition) is 2. The van der Waals surface area contributed by atoms with Gasteiger partial charge in [0.05, 0.1) is 17.4 Å². The number of nitrogen functional groups attached to an aromatic ring is 1. The summed E-state index contributed by atoms with van der Waals surface area (Å²) in [5.41, 5.74) is 5.75. The van der Waals surface area contributed by atoms with Crippen LogP contribution in [-0.4, -0.2) is 22.2 Å². The number of anilines is 1. The highest BCUT2D eigenvalue weighted by Crippen LogP contribution is 2.27. The Morgan fingerprint density at radius 1 is 1.56 bits per heavy atom. The number of aromatic carboxylic acids is 1. The molecule has 1 aliphatic carbocycles. The maximum absolute atomic E-state index is 11.0. The van der Waals surface area contributed by atoms with Gasteiger partial charge in [0.25, 0.3) is 0 Å². The maximum atomic E-state index is 11.0. The van der Waals surface area contributed by atoms with Crippen LogP contribution in [0.5, 0.6) is 5.88 Å². The van der Waals surface area contributed by atoms with Gasteiger partial charge in [0.2, 0.25) is 5.88 Å². The van der Waals surface area contributed by atoms with Crippen LogP contribution in [0, 0.1) is 5.92 Å². The van der Waals surface area contributed by atoms with Crippen molar-refractivity contribution in [1.82, 2.24) is 4.98 Å². The molecule has 2 unspecified atom stereocenters. The van der Waals surface area contributed by atoms with E-state index in [-0.39, 0.29) is 17.4 Å². The Kier molecular flexibility index (Phi) is 3.69. The number of ether oxygens (including phenoxy) is 1. The molecule has 98 valence electrons. The van der Waals surface area contributed by atoms with Crippen LogP contribution >= 0.6 is 0 Å². The molecule has 0 bridgehead atoms. The normalized spacial score (nSPS) is 23.6. The molecule has 5 heteroatoms. The van der Waals surface area contributed by atoms with E-state index >= 15 is 0 Å². The highest BCUT2D eigenvalue weighted by molar-refractivity contribution is 5.93. The molecule has 0 radical (unpaired) electrons. The van der Waals surface area contributed by atoms with E-state index in [1.165, 1.54) is 18.7 Å². The van der Waals surface area contributed by atoms with Crippen molar-refractivity contribution in [3.63, 3.8) is 0 Å². The molecular formula is C13H18N2O3. The van der Waals surface area contributed by atoms with Crippen molar-refractivity contribution < 1.29 is 14.6 Å². The Morgan fingerprint density at radius 3 is 3.00 bits per heavy atom. The first-order chi connectivity index (χ1) is 8.56. The molecule has 18 heavy (non-hydrogen) atoms. The molecule has 5 nitrogen and oxygen atoms in total. The number of carboxylic acids is 1. The Balaban J connectivity index is 2.09. The summed E-state index contributed by atoms with van der Waals surface area (Å²) >= 11 is 0. The van der Waals surface area contributed by atoms with Crippen molar-refractivity contribution in [2.75, 3.05) is 5.73 Å². The number of hydrogen-bond acceptors (Lipinski definition) is 4.